The maximum Gasteiger partial charge on any atom is 0.416 e. The minimum atomic E-state index is -4.40. The number of rotatable bonds is 3. The van der Waals surface area contributed by atoms with Crippen molar-refractivity contribution in [1.29, 1.82) is 0 Å². The van der Waals surface area contributed by atoms with Crippen LogP contribution in [0.15, 0.2) is 18.2 Å². The molecule has 0 fully saturated rings. The molecule has 1 rings (SSSR count). The first-order valence-corrected chi connectivity index (χ1v) is 4.30. The van der Waals surface area contributed by atoms with Crippen molar-refractivity contribution < 1.29 is 22.6 Å². The summed E-state index contributed by atoms with van der Waals surface area (Å²) in [6.07, 6.45) is 0.566. The van der Waals surface area contributed by atoms with Gasteiger partial charge < -0.3 is 9.47 Å². The molecule has 0 aliphatic rings. The smallest absolute Gasteiger partial charge is 0.416 e. The van der Waals surface area contributed by atoms with Crippen LogP contribution in [-0.2, 0) is 6.18 Å². The lowest BCUT2D eigenvalue weighted by atomic mass is 10.2. The van der Waals surface area contributed by atoms with Gasteiger partial charge in [-0.2, -0.15) is 13.2 Å². The third kappa shape index (κ3) is 2.83. The molecule has 0 saturated heterocycles. The van der Waals surface area contributed by atoms with Crippen LogP contribution in [0.3, 0.4) is 0 Å². The number of benzene rings is 1. The van der Waals surface area contributed by atoms with Crippen LogP contribution in [-0.4, -0.2) is 13.7 Å². The molecule has 0 N–H and O–H groups in total. The summed E-state index contributed by atoms with van der Waals surface area (Å²) in [7, 11) is 1.26. The Morgan fingerprint density at radius 3 is 2.50 bits per heavy atom. The number of methoxy groups -OCH3 is 1. The average Bonchev–Trinajstić information content (AvgIpc) is 2.24. The Balaban J connectivity index is 3.03. The van der Waals surface area contributed by atoms with Crippen molar-refractivity contribution >= 4 is 0 Å². The van der Waals surface area contributed by atoms with E-state index in [2.05, 4.69) is 5.92 Å². The summed E-state index contributed by atoms with van der Waals surface area (Å²) in [6, 6.07) is 2.96. The summed E-state index contributed by atoms with van der Waals surface area (Å²) in [5.41, 5.74) is -0.794. The SMILES string of the molecule is C#CCOc1ccc(C(F)(F)F)cc1OC. The molecule has 1 aromatic rings. The zero-order chi connectivity index (χ0) is 12.2. The van der Waals surface area contributed by atoms with Crippen molar-refractivity contribution in [2.75, 3.05) is 13.7 Å². The second kappa shape index (κ2) is 4.79. The molecule has 2 nitrogen and oxygen atoms in total. The third-order valence-corrected chi connectivity index (χ3v) is 1.80. The van der Waals surface area contributed by atoms with Crippen molar-refractivity contribution in [3.8, 4) is 23.8 Å². The number of hydrogen-bond donors (Lipinski definition) is 0. The Labute approximate surface area is 91.0 Å². The van der Waals surface area contributed by atoms with Crippen molar-refractivity contribution in [3.63, 3.8) is 0 Å². The number of halogens is 3. The Bertz CT molecular complexity index is 405. The topological polar surface area (TPSA) is 18.5 Å². The Morgan fingerprint density at radius 2 is 2.00 bits per heavy atom. The van der Waals surface area contributed by atoms with Gasteiger partial charge in [-0.25, -0.2) is 0 Å². The zero-order valence-electron chi connectivity index (χ0n) is 8.47. The molecule has 5 heteroatoms. The maximum atomic E-state index is 12.4. The van der Waals surface area contributed by atoms with Crippen molar-refractivity contribution in [3.05, 3.63) is 23.8 Å². The quantitative estimate of drug-likeness (QED) is 0.743. The molecule has 0 amide bonds. The van der Waals surface area contributed by atoms with Crippen LogP contribution < -0.4 is 9.47 Å². The standard InChI is InChI=1S/C11H9F3O2/c1-3-6-16-9-5-4-8(11(12,13)14)7-10(9)15-2/h1,4-5,7H,6H2,2H3. The molecule has 16 heavy (non-hydrogen) atoms. The van der Waals surface area contributed by atoms with Gasteiger partial charge in [0.05, 0.1) is 12.7 Å². The van der Waals surface area contributed by atoms with E-state index in [0.29, 0.717) is 0 Å². The Kier molecular flexibility index (Phi) is 3.67. The van der Waals surface area contributed by atoms with Crippen LogP contribution >= 0.6 is 0 Å². The van der Waals surface area contributed by atoms with E-state index < -0.39 is 11.7 Å². The van der Waals surface area contributed by atoms with Gasteiger partial charge in [0.25, 0.3) is 0 Å². The lowest BCUT2D eigenvalue weighted by Crippen LogP contribution is -2.06. The van der Waals surface area contributed by atoms with E-state index in [0.717, 1.165) is 12.1 Å². The lowest BCUT2D eigenvalue weighted by Gasteiger charge is -2.12. The summed E-state index contributed by atoms with van der Waals surface area (Å²) in [5.74, 6) is 2.41. The summed E-state index contributed by atoms with van der Waals surface area (Å²) < 4.78 is 46.9. The maximum absolute atomic E-state index is 12.4. The van der Waals surface area contributed by atoms with Gasteiger partial charge in [0.15, 0.2) is 11.5 Å². The summed E-state index contributed by atoms with van der Waals surface area (Å²) in [6.45, 7) is -0.0261. The molecule has 0 aliphatic heterocycles. The van der Waals surface area contributed by atoms with E-state index >= 15 is 0 Å². The summed E-state index contributed by atoms with van der Waals surface area (Å²) >= 11 is 0. The Morgan fingerprint density at radius 1 is 1.31 bits per heavy atom. The second-order valence-corrected chi connectivity index (χ2v) is 2.86. The molecular formula is C11H9F3O2. The van der Waals surface area contributed by atoms with Gasteiger partial charge in [0.1, 0.15) is 6.61 Å². The third-order valence-electron chi connectivity index (χ3n) is 1.80. The van der Waals surface area contributed by atoms with Crippen molar-refractivity contribution in [1.82, 2.24) is 0 Å². The highest BCUT2D eigenvalue weighted by Crippen LogP contribution is 2.35. The highest BCUT2D eigenvalue weighted by molar-refractivity contribution is 5.43. The van der Waals surface area contributed by atoms with E-state index in [1.54, 1.807) is 0 Å². The molecule has 0 aliphatic carbocycles. The molecule has 86 valence electrons. The minimum Gasteiger partial charge on any atom is -0.493 e. The van der Waals surface area contributed by atoms with Gasteiger partial charge in [-0.1, -0.05) is 5.92 Å². The van der Waals surface area contributed by atoms with Crippen LogP contribution in [0.5, 0.6) is 11.5 Å². The van der Waals surface area contributed by atoms with E-state index in [9.17, 15) is 13.2 Å². The second-order valence-electron chi connectivity index (χ2n) is 2.86. The molecule has 0 spiro atoms. The largest absolute Gasteiger partial charge is 0.493 e. The molecule has 0 radical (unpaired) electrons. The number of ether oxygens (including phenoxy) is 2. The van der Waals surface area contributed by atoms with Gasteiger partial charge in [-0.3, -0.25) is 0 Å². The van der Waals surface area contributed by atoms with Gasteiger partial charge >= 0.3 is 6.18 Å². The van der Waals surface area contributed by atoms with Crippen LogP contribution in [0, 0.1) is 12.3 Å². The van der Waals surface area contributed by atoms with E-state index in [4.69, 9.17) is 15.9 Å². The molecule has 1 aromatic carbocycles. The first-order chi connectivity index (χ1) is 7.49. The molecule has 0 heterocycles. The van der Waals surface area contributed by atoms with Gasteiger partial charge in [-0.15, -0.1) is 6.42 Å². The molecule has 0 unspecified atom stereocenters. The van der Waals surface area contributed by atoms with Crippen molar-refractivity contribution in [2.45, 2.75) is 6.18 Å². The fraction of sp³-hybridized carbons (Fsp3) is 0.273. The fourth-order valence-corrected chi connectivity index (χ4v) is 1.08. The zero-order valence-corrected chi connectivity index (χ0v) is 8.47. The average molecular weight is 230 g/mol. The summed E-state index contributed by atoms with van der Waals surface area (Å²) in [5, 5.41) is 0. The molecule has 0 saturated carbocycles. The number of terminal acetylenes is 1. The minimum absolute atomic E-state index is 0.00470. The normalized spacial score (nSPS) is 10.7. The van der Waals surface area contributed by atoms with Crippen LogP contribution in [0.2, 0.25) is 0 Å². The highest BCUT2D eigenvalue weighted by Gasteiger charge is 2.31. The predicted octanol–water partition coefficient (Wildman–Crippen LogP) is 2.73. The van der Waals surface area contributed by atoms with E-state index in [1.165, 1.54) is 13.2 Å². The van der Waals surface area contributed by atoms with Gasteiger partial charge in [-0.05, 0) is 18.2 Å². The number of hydrogen-bond acceptors (Lipinski definition) is 2. The molecule has 0 aromatic heterocycles. The van der Waals surface area contributed by atoms with Gasteiger partial charge in [0.2, 0.25) is 0 Å². The number of alkyl halides is 3. The lowest BCUT2D eigenvalue weighted by molar-refractivity contribution is -0.137. The molecule has 0 atom stereocenters. The van der Waals surface area contributed by atoms with Crippen LogP contribution in [0.4, 0.5) is 13.2 Å². The predicted molar refractivity (Wildman–Crippen MR) is 52.3 cm³/mol. The monoisotopic (exact) mass is 230 g/mol. The van der Waals surface area contributed by atoms with Gasteiger partial charge in [0, 0.05) is 0 Å². The molecule has 0 bridgehead atoms. The van der Waals surface area contributed by atoms with Crippen molar-refractivity contribution in [2.24, 2.45) is 0 Å². The Hall–Kier alpha value is -1.83. The fourth-order valence-electron chi connectivity index (χ4n) is 1.08. The van der Waals surface area contributed by atoms with Crippen LogP contribution in [0.25, 0.3) is 0 Å². The first kappa shape index (κ1) is 12.2. The first-order valence-electron chi connectivity index (χ1n) is 4.30. The molecular weight excluding hydrogens is 221 g/mol. The van der Waals surface area contributed by atoms with E-state index in [-0.39, 0.29) is 18.1 Å². The van der Waals surface area contributed by atoms with Crippen LogP contribution in [0.1, 0.15) is 5.56 Å². The highest BCUT2D eigenvalue weighted by atomic mass is 19.4. The van der Waals surface area contributed by atoms with E-state index in [1.807, 2.05) is 0 Å². The summed E-state index contributed by atoms with van der Waals surface area (Å²) in [4.78, 5) is 0.